The summed E-state index contributed by atoms with van der Waals surface area (Å²) in [5.74, 6) is -0.157. The van der Waals surface area contributed by atoms with Crippen LogP contribution in [0.25, 0.3) is 0 Å². The highest BCUT2D eigenvalue weighted by Crippen LogP contribution is 2.11. The third kappa shape index (κ3) is 4.37. The predicted molar refractivity (Wildman–Crippen MR) is 62.0 cm³/mol. The minimum Gasteiger partial charge on any atom is -0.293 e. The van der Waals surface area contributed by atoms with Crippen LogP contribution in [0.15, 0.2) is 28.7 Å². The molecule has 0 aliphatic heterocycles. The molecule has 0 bridgehead atoms. The van der Waals surface area contributed by atoms with E-state index in [1.807, 2.05) is 0 Å². The van der Waals surface area contributed by atoms with Crippen molar-refractivity contribution in [3.8, 4) is 0 Å². The molecule has 0 unspecified atom stereocenters. The fourth-order valence-electron chi connectivity index (χ4n) is 1.27. The normalized spacial score (nSPS) is 11.1. The van der Waals surface area contributed by atoms with Gasteiger partial charge >= 0.3 is 0 Å². The Morgan fingerprint density at radius 3 is 2.44 bits per heavy atom. The SMILES string of the molecule is CN(CC(=O)c1ccc(Br)cc1)CC(F)F. The molecule has 0 heterocycles. The summed E-state index contributed by atoms with van der Waals surface area (Å²) in [4.78, 5) is 13.0. The lowest BCUT2D eigenvalue weighted by Crippen LogP contribution is -2.30. The minimum atomic E-state index is -2.41. The zero-order chi connectivity index (χ0) is 12.1. The molecule has 1 rings (SSSR count). The van der Waals surface area contributed by atoms with Crippen LogP contribution in [-0.4, -0.2) is 37.2 Å². The quantitative estimate of drug-likeness (QED) is 0.778. The lowest BCUT2D eigenvalue weighted by Gasteiger charge is -2.14. The summed E-state index contributed by atoms with van der Waals surface area (Å²) < 4.78 is 24.9. The number of carbonyl (C=O) groups excluding carboxylic acids is 1. The molecule has 1 aromatic carbocycles. The van der Waals surface area contributed by atoms with Crippen LogP contribution >= 0.6 is 15.9 Å². The van der Waals surface area contributed by atoms with Crippen molar-refractivity contribution in [2.24, 2.45) is 0 Å². The first-order chi connectivity index (χ1) is 7.49. The van der Waals surface area contributed by atoms with Gasteiger partial charge in [0.15, 0.2) is 5.78 Å². The van der Waals surface area contributed by atoms with Crippen LogP contribution in [0, 0.1) is 0 Å². The standard InChI is InChI=1S/C11H12BrF2NO/c1-15(7-11(13)14)6-10(16)8-2-4-9(12)5-3-8/h2-5,11H,6-7H2,1H3. The van der Waals surface area contributed by atoms with Crippen LogP contribution in [0.2, 0.25) is 0 Å². The fraction of sp³-hybridized carbons (Fsp3) is 0.364. The fourth-order valence-corrected chi connectivity index (χ4v) is 1.54. The van der Waals surface area contributed by atoms with E-state index in [0.717, 1.165) is 4.47 Å². The van der Waals surface area contributed by atoms with Crippen molar-refractivity contribution in [3.05, 3.63) is 34.3 Å². The van der Waals surface area contributed by atoms with Crippen molar-refractivity contribution in [3.63, 3.8) is 0 Å². The third-order valence-corrected chi connectivity index (χ3v) is 2.56. The van der Waals surface area contributed by atoms with Crippen molar-refractivity contribution >= 4 is 21.7 Å². The van der Waals surface area contributed by atoms with Crippen molar-refractivity contribution in [1.29, 1.82) is 0 Å². The van der Waals surface area contributed by atoms with Gasteiger partial charge in [0.05, 0.1) is 13.1 Å². The second-order valence-electron chi connectivity index (χ2n) is 3.52. The number of hydrogen-bond acceptors (Lipinski definition) is 2. The summed E-state index contributed by atoms with van der Waals surface area (Å²) >= 11 is 3.26. The van der Waals surface area contributed by atoms with Gasteiger partial charge in [0.1, 0.15) is 0 Å². The highest BCUT2D eigenvalue weighted by molar-refractivity contribution is 9.10. The van der Waals surface area contributed by atoms with Gasteiger partial charge in [-0.25, -0.2) is 8.78 Å². The second kappa shape index (κ2) is 6.06. The molecule has 2 nitrogen and oxygen atoms in total. The van der Waals surface area contributed by atoms with Gasteiger partial charge in [-0.15, -0.1) is 0 Å². The lowest BCUT2D eigenvalue weighted by atomic mass is 10.1. The predicted octanol–water partition coefficient (Wildman–Crippen LogP) is 2.83. The molecule has 0 atom stereocenters. The van der Waals surface area contributed by atoms with Crippen LogP contribution in [0.1, 0.15) is 10.4 Å². The first-order valence-corrected chi connectivity index (χ1v) is 5.54. The molecule has 16 heavy (non-hydrogen) atoms. The highest BCUT2D eigenvalue weighted by atomic mass is 79.9. The van der Waals surface area contributed by atoms with Gasteiger partial charge in [0.2, 0.25) is 0 Å². The molecular formula is C11H12BrF2NO. The summed E-state index contributed by atoms with van der Waals surface area (Å²) in [6, 6.07) is 6.84. The van der Waals surface area contributed by atoms with Gasteiger partial charge in [-0.2, -0.15) is 0 Å². The van der Waals surface area contributed by atoms with Crippen molar-refractivity contribution in [2.75, 3.05) is 20.1 Å². The Morgan fingerprint density at radius 2 is 1.94 bits per heavy atom. The minimum absolute atomic E-state index is 0.00592. The van der Waals surface area contributed by atoms with Crippen molar-refractivity contribution in [1.82, 2.24) is 4.90 Å². The summed E-state index contributed by atoms with van der Waals surface area (Å²) in [6.45, 7) is -0.381. The Kier molecular flexibility index (Phi) is 5.02. The Balaban J connectivity index is 2.55. The maximum absolute atomic E-state index is 12.0. The number of rotatable bonds is 5. The number of halogens is 3. The van der Waals surface area contributed by atoms with Crippen molar-refractivity contribution < 1.29 is 13.6 Å². The molecule has 5 heteroatoms. The Labute approximate surface area is 101 Å². The Bertz CT molecular complexity index is 354. The van der Waals surface area contributed by atoms with E-state index in [9.17, 15) is 13.6 Å². The number of ketones is 1. The van der Waals surface area contributed by atoms with E-state index in [1.54, 1.807) is 24.3 Å². The monoisotopic (exact) mass is 291 g/mol. The summed E-state index contributed by atoms with van der Waals surface area (Å²) in [5, 5.41) is 0. The molecule has 0 aromatic heterocycles. The number of alkyl halides is 2. The molecular weight excluding hydrogens is 280 g/mol. The smallest absolute Gasteiger partial charge is 0.251 e. The van der Waals surface area contributed by atoms with Gasteiger partial charge in [-0.1, -0.05) is 28.1 Å². The maximum Gasteiger partial charge on any atom is 0.251 e. The Hall–Kier alpha value is -0.810. The van der Waals surface area contributed by atoms with Crippen LogP contribution in [-0.2, 0) is 0 Å². The van der Waals surface area contributed by atoms with Gasteiger partial charge in [0.25, 0.3) is 6.43 Å². The Morgan fingerprint density at radius 1 is 1.38 bits per heavy atom. The van der Waals surface area contributed by atoms with Crippen LogP contribution < -0.4 is 0 Å². The molecule has 0 amide bonds. The number of likely N-dealkylation sites (N-methyl/N-ethyl adjacent to an activating group) is 1. The number of carbonyl (C=O) groups is 1. The lowest BCUT2D eigenvalue weighted by molar-refractivity contribution is 0.0820. The molecule has 0 N–H and O–H groups in total. The van der Waals surface area contributed by atoms with Crippen LogP contribution in [0.3, 0.4) is 0 Å². The van der Waals surface area contributed by atoms with E-state index in [2.05, 4.69) is 15.9 Å². The summed E-state index contributed by atoms with van der Waals surface area (Å²) in [5.41, 5.74) is 0.532. The summed E-state index contributed by atoms with van der Waals surface area (Å²) in [6.07, 6.45) is -2.41. The zero-order valence-corrected chi connectivity index (χ0v) is 10.4. The van der Waals surface area contributed by atoms with Crippen LogP contribution in [0.5, 0.6) is 0 Å². The van der Waals surface area contributed by atoms with E-state index in [1.165, 1.54) is 11.9 Å². The highest BCUT2D eigenvalue weighted by Gasteiger charge is 2.12. The average Bonchev–Trinajstić information content (AvgIpc) is 2.16. The van der Waals surface area contributed by atoms with E-state index in [4.69, 9.17) is 0 Å². The largest absolute Gasteiger partial charge is 0.293 e. The number of benzene rings is 1. The van der Waals surface area contributed by atoms with Crippen LogP contribution in [0.4, 0.5) is 8.78 Å². The number of Topliss-reactive ketones (excluding diaryl/α,β-unsaturated/α-hetero) is 1. The summed E-state index contributed by atoms with van der Waals surface area (Å²) in [7, 11) is 1.50. The molecule has 88 valence electrons. The molecule has 0 saturated heterocycles. The maximum atomic E-state index is 12.0. The number of nitrogens with zero attached hydrogens (tertiary/aromatic N) is 1. The van der Waals surface area contributed by atoms with Gasteiger partial charge in [0, 0.05) is 10.0 Å². The molecule has 0 saturated carbocycles. The van der Waals surface area contributed by atoms with E-state index >= 15 is 0 Å². The molecule has 1 aromatic rings. The van der Waals surface area contributed by atoms with E-state index < -0.39 is 6.43 Å². The van der Waals surface area contributed by atoms with Gasteiger partial charge < -0.3 is 0 Å². The molecule has 0 aliphatic rings. The topological polar surface area (TPSA) is 20.3 Å². The van der Waals surface area contributed by atoms with E-state index in [0.29, 0.717) is 5.56 Å². The zero-order valence-electron chi connectivity index (χ0n) is 8.79. The number of hydrogen-bond donors (Lipinski definition) is 0. The van der Waals surface area contributed by atoms with Crippen molar-refractivity contribution in [2.45, 2.75) is 6.43 Å². The molecule has 0 radical (unpaired) electrons. The molecule has 0 fully saturated rings. The molecule has 0 aliphatic carbocycles. The second-order valence-corrected chi connectivity index (χ2v) is 4.43. The first kappa shape index (κ1) is 13.3. The first-order valence-electron chi connectivity index (χ1n) is 4.74. The third-order valence-electron chi connectivity index (χ3n) is 2.03. The van der Waals surface area contributed by atoms with E-state index in [-0.39, 0.29) is 18.9 Å². The molecule has 0 spiro atoms. The van der Waals surface area contributed by atoms with Gasteiger partial charge in [-0.05, 0) is 19.2 Å². The average molecular weight is 292 g/mol. The van der Waals surface area contributed by atoms with Gasteiger partial charge in [-0.3, -0.25) is 9.69 Å².